The number of hydrogen-bond acceptors (Lipinski definition) is 15. The maximum atomic E-state index is 13.4. The van der Waals surface area contributed by atoms with E-state index in [1.54, 1.807) is 34.3 Å². The number of halogens is 1. The van der Waals surface area contributed by atoms with Crippen LogP contribution in [0.2, 0.25) is 5.02 Å². The van der Waals surface area contributed by atoms with Crippen molar-refractivity contribution in [3.63, 3.8) is 0 Å². The van der Waals surface area contributed by atoms with Crippen molar-refractivity contribution in [1.29, 1.82) is 0 Å². The maximum Gasteiger partial charge on any atom is 0.266 e. The van der Waals surface area contributed by atoms with Gasteiger partial charge < -0.3 is 24.3 Å². The molecule has 3 aliphatic heterocycles. The monoisotopic (exact) mass is 912 g/mol. The first-order chi connectivity index (χ1) is 31.0. The van der Waals surface area contributed by atoms with Gasteiger partial charge in [0.25, 0.3) is 11.8 Å². The summed E-state index contributed by atoms with van der Waals surface area (Å²) in [7, 11) is 0. The van der Waals surface area contributed by atoms with Crippen LogP contribution in [0.5, 0.6) is 5.75 Å². The van der Waals surface area contributed by atoms with Crippen molar-refractivity contribution in [2.75, 3.05) is 46.2 Å². The summed E-state index contributed by atoms with van der Waals surface area (Å²) in [5.74, 6) is -1.00. The Morgan fingerprint density at radius 3 is 2.42 bits per heavy atom. The number of carbonyl (C=O) groups excluding carboxylic acids is 5. The van der Waals surface area contributed by atoms with Crippen LogP contribution in [0, 0.1) is 20.8 Å². The molecule has 1 fully saturated rings. The molecule has 5 aromatic rings. The molecule has 2 N–H and O–H groups in total. The normalized spacial score (nSPS) is 16.9. The molecule has 0 spiro atoms. The quantitative estimate of drug-likeness (QED) is 0.0894. The molecule has 0 saturated carbocycles. The number of hydrogen-bond donors (Lipinski definition) is 2. The van der Waals surface area contributed by atoms with Crippen molar-refractivity contribution in [2.45, 2.75) is 65.3 Å². The molecule has 0 radical (unpaired) electrons. The lowest BCUT2D eigenvalue weighted by atomic mass is 9.99. The van der Waals surface area contributed by atoms with Crippen LogP contribution in [0.1, 0.15) is 84.9 Å². The second-order valence-corrected chi connectivity index (χ2v) is 16.8. The van der Waals surface area contributed by atoms with Crippen molar-refractivity contribution in [3.05, 3.63) is 104 Å². The van der Waals surface area contributed by atoms with Crippen LogP contribution >= 0.6 is 22.9 Å². The standard InChI is InChI=1S/C43H45ClN10O9S/c1-24-25(2)64-43-36(24)38(27-7-9-28(44)10-8-27)46-31(39-50-48-26(3)53(39)43)21-35(56)45-13-14-52-22-29(49-51-52)23-62-18-17-60-15-16-61-19-20-63-33-6-4-5-30-37(33)42(59)54(41(30)58)32-11-12-34(55)47-40(32)57/h4-10,22,31-32H,11-21,23H2,1-3H3,(H,45,56)(H,47,55,57)/t31-,32?/m0/s1. The van der Waals surface area contributed by atoms with Crippen molar-refractivity contribution in [3.8, 4) is 10.8 Å². The van der Waals surface area contributed by atoms with Gasteiger partial charge in [-0.2, -0.15) is 0 Å². The van der Waals surface area contributed by atoms with Gasteiger partial charge in [-0.1, -0.05) is 35.0 Å². The molecule has 2 atom stereocenters. The Labute approximate surface area is 376 Å². The summed E-state index contributed by atoms with van der Waals surface area (Å²) in [5, 5.41) is 23.9. The Hall–Kier alpha value is -6.19. The topological polar surface area (TPSA) is 223 Å². The van der Waals surface area contributed by atoms with Crippen molar-refractivity contribution < 1.29 is 42.9 Å². The number of aryl methyl sites for hydroxylation is 2. The highest BCUT2D eigenvalue weighted by Gasteiger charge is 2.46. The highest BCUT2D eigenvalue weighted by Crippen LogP contribution is 2.40. The number of piperidine rings is 1. The number of ether oxygens (including phenoxy) is 4. The van der Waals surface area contributed by atoms with Gasteiger partial charge in [-0.15, -0.1) is 26.6 Å². The Bertz CT molecular complexity index is 2620. The molecule has 3 aromatic heterocycles. The lowest BCUT2D eigenvalue weighted by Gasteiger charge is -2.27. The fourth-order valence-electron chi connectivity index (χ4n) is 7.64. The zero-order chi connectivity index (χ0) is 44.9. The fourth-order valence-corrected chi connectivity index (χ4v) is 8.98. The third-order valence-electron chi connectivity index (χ3n) is 10.9. The summed E-state index contributed by atoms with van der Waals surface area (Å²) in [6, 6.07) is 10.6. The summed E-state index contributed by atoms with van der Waals surface area (Å²) < 4.78 is 26.3. The van der Waals surface area contributed by atoms with Crippen LogP contribution < -0.4 is 15.4 Å². The van der Waals surface area contributed by atoms with Crippen molar-refractivity contribution in [2.24, 2.45) is 4.99 Å². The van der Waals surface area contributed by atoms with Gasteiger partial charge in [0.05, 0.1) is 75.6 Å². The Morgan fingerprint density at radius 1 is 0.906 bits per heavy atom. The predicted molar refractivity (Wildman–Crippen MR) is 231 cm³/mol. The summed E-state index contributed by atoms with van der Waals surface area (Å²) >= 11 is 7.88. The van der Waals surface area contributed by atoms with Gasteiger partial charge >= 0.3 is 0 Å². The van der Waals surface area contributed by atoms with Gasteiger partial charge in [0.2, 0.25) is 17.7 Å². The molecule has 0 aliphatic carbocycles. The van der Waals surface area contributed by atoms with Gasteiger partial charge in [-0.05, 0) is 57.0 Å². The number of carbonyl (C=O) groups is 5. The highest BCUT2D eigenvalue weighted by molar-refractivity contribution is 7.15. The summed E-state index contributed by atoms with van der Waals surface area (Å²) in [5.41, 5.74) is 4.65. The first kappa shape index (κ1) is 44.4. The molecule has 3 aliphatic rings. The fraction of sp³-hybridized carbons (Fsp3) is 0.395. The van der Waals surface area contributed by atoms with Crippen molar-refractivity contribution in [1.82, 2.24) is 45.3 Å². The Morgan fingerprint density at radius 2 is 1.66 bits per heavy atom. The van der Waals surface area contributed by atoms with E-state index >= 15 is 0 Å². The number of nitrogens with zero attached hydrogens (tertiary/aromatic N) is 8. The second kappa shape index (κ2) is 19.7. The molecule has 19 nitrogen and oxygen atoms in total. The first-order valence-electron chi connectivity index (χ1n) is 20.7. The molecular formula is C43H45ClN10O9S. The number of imide groups is 2. The number of nitrogens with one attached hydrogen (secondary N) is 2. The van der Waals surface area contributed by atoms with Crippen LogP contribution in [0.4, 0.5) is 0 Å². The smallest absolute Gasteiger partial charge is 0.266 e. The van der Waals surface area contributed by atoms with Gasteiger partial charge in [0.1, 0.15) is 41.0 Å². The number of benzene rings is 2. The van der Waals surface area contributed by atoms with E-state index in [9.17, 15) is 24.0 Å². The van der Waals surface area contributed by atoms with Crippen LogP contribution in [0.15, 0.2) is 53.7 Å². The lowest BCUT2D eigenvalue weighted by Crippen LogP contribution is -2.54. The van der Waals surface area contributed by atoms with E-state index in [4.69, 9.17) is 35.5 Å². The van der Waals surface area contributed by atoms with Crippen molar-refractivity contribution >= 4 is 58.2 Å². The third kappa shape index (κ3) is 9.51. The predicted octanol–water partition coefficient (Wildman–Crippen LogP) is 3.63. The molecule has 6 heterocycles. The second-order valence-electron chi connectivity index (χ2n) is 15.2. The van der Waals surface area contributed by atoms with E-state index in [-0.39, 0.29) is 68.5 Å². The Kier molecular flexibility index (Phi) is 13.7. The zero-order valence-corrected chi connectivity index (χ0v) is 36.9. The van der Waals surface area contributed by atoms with E-state index in [2.05, 4.69) is 45.0 Å². The molecule has 334 valence electrons. The van der Waals surface area contributed by atoms with Crippen LogP contribution in [-0.4, -0.2) is 122 Å². The van der Waals surface area contributed by atoms with Crippen LogP contribution in [-0.2, 0) is 41.7 Å². The van der Waals surface area contributed by atoms with E-state index in [0.717, 1.165) is 38.1 Å². The molecule has 8 rings (SSSR count). The number of amides is 5. The van der Waals surface area contributed by atoms with Crippen LogP contribution in [0.25, 0.3) is 5.00 Å². The minimum absolute atomic E-state index is 0.0371. The SMILES string of the molecule is Cc1sc2c(c1C)C(c1ccc(Cl)cc1)=N[C@@H](CC(=O)NCCn1cc(COCCOCCOCCOc3cccc4c3C(=O)N(C3CCC(=O)NC3=O)C4=O)nn1)c1nnc(C)n1-2. The largest absolute Gasteiger partial charge is 0.490 e. The minimum atomic E-state index is -1.06. The van der Waals surface area contributed by atoms with Gasteiger partial charge in [0.15, 0.2) is 5.82 Å². The summed E-state index contributed by atoms with van der Waals surface area (Å²) in [6.07, 6.45) is 1.94. The first-order valence-corrected chi connectivity index (χ1v) is 21.9. The molecular weight excluding hydrogens is 868 g/mol. The maximum absolute atomic E-state index is 13.4. The van der Waals surface area contributed by atoms with Gasteiger partial charge in [0, 0.05) is 34.0 Å². The number of fused-ring (bicyclic) bond motifs is 4. The molecule has 2 aromatic carbocycles. The molecule has 1 saturated heterocycles. The Balaban J connectivity index is 0.720. The van der Waals surface area contributed by atoms with E-state index < -0.39 is 35.7 Å². The minimum Gasteiger partial charge on any atom is -0.490 e. The number of aromatic nitrogens is 6. The van der Waals surface area contributed by atoms with Crippen LogP contribution in [0.3, 0.4) is 0 Å². The number of thiophene rings is 1. The zero-order valence-electron chi connectivity index (χ0n) is 35.3. The molecule has 1 unspecified atom stereocenters. The van der Waals surface area contributed by atoms with Gasteiger partial charge in [-0.25, -0.2) is 0 Å². The van der Waals surface area contributed by atoms with E-state index in [1.165, 1.54) is 10.9 Å². The van der Waals surface area contributed by atoms with E-state index in [1.807, 2.05) is 35.8 Å². The molecule has 0 bridgehead atoms. The summed E-state index contributed by atoms with van der Waals surface area (Å²) in [4.78, 5) is 70.7. The number of rotatable bonds is 19. The molecule has 5 amide bonds. The summed E-state index contributed by atoms with van der Waals surface area (Å²) in [6.45, 7) is 8.56. The third-order valence-corrected chi connectivity index (χ3v) is 12.3. The van der Waals surface area contributed by atoms with Gasteiger partial charge in [-0.3, -0.25) is 48.4 Å². The lowest BCUT2D eigenvalue weighted by molar-refractivity contribution is -0.136. The highest BCUT2D eigenvalue weighted by atomic mass is 35.5. The number of aliphatic imine (C=N–C) groups is 1. The molecule has 21 heteroatoms. The van der Waals surface area contributed by atoms with E-state index in [0.29, 0.717) is 49.5 Å². The molecule has 64 heavy (non-hydrogen) atoms. The average molecular weight is 913 g/mol. The average Bonchev–Trinajstić information content (AvgIpc) is 4.01.